The SMILES string of the molecule is CCCNC(C)c1c(F)cccc1Sc1ccoc1C. The van der Waals surface area contributed by atoms with Crippen molar-refractivity contribution in [3.63, 3.8) is 0 Å². The molecule has 0 amide bonds. The second kappa shape index (κ2) is 6.95. The van der Waals surface area contributed by atoms with Crippen LogP contribution in [0, 0.1) is 12.7 Å². The molecule has 0 aliphatic heterocycles. The molecule has 108 valence electrons. The van der Waals surface area contributed by atoms with Crippen LogP contribution < -0.4 is 5.32 Å². The van der Waals surface area contributed by atoms with E-state index in [1.54, 1.807) is 24.1 Å². The Morgan fingerprint density at radius 2 is 2.10 bits per heavy atom. The minimum Gasteiger partial charge on any atom is -0.468 e. The van der Waals surface area contributed by atoms with Crippen LogP contribution in [0.15, 0.2) is 44.7 Å². The van der Waals surface area contributed by atoms with Crippen molar-refractivity contribution in [2.75, 3.05) is 6.54 Å². The van der Waals surface area contributed by atoms with Gasteiger partial charge in [-0.05, 0) is 45.0 Å². The Balaban J connectivity index is 2.28. The van der Waals surface area contributed by atoms with Gasteiger partial charge in [0.15, 0.2) is 0 Å². The lowest BCUT2D eigenvalue weighted by molar-refractivity contribution is 0.518. The van der Waals surface area contributed by atoms with Gasteiger partial charge in [0.25, 0.3) is 0 Å². The van der Waals surface area contributed by atoms with E-state index in [-0.39, 0.29) is 11.9 Å². The van der Waals surface area contributed by atoms with Crippen molar-refractivity contribution in [3.8, 4) is 0 Å². The summed E-state index contributed by atoms with van der Waals surface area (Å²) in [5.74, 6) is 0.701. The number of halogens is 1. The lowest BCUT2D eigenvalue weighted by Gasteiger charge is -2.18. The molecule has 1 N–H and O–H groups in total. The molecule has 1 aromatic heterocycles. The van der Waals surface area contributed by atoms with Crippen molar-refractivity contribution in [1.29, 1.82) is 0 Å². The van der Waals surface area contributed by atoms with Gasteiger partial charge in [0.05, 0.1) is 11.2 Å². The molecule has 4 heteroatoms. The van der Waals surface area contributed by atoms with Crippen molar-refractivity contribution >= 4 is 11.8 Å². The Hall–Kier alpha value is -1.26. The quantitative estimate of drug-likeness (QED) is 0.816. The lowest BCUT2D eigenvalue weighted by atomic mass is 10.1. The van der Waals surface area contributed by atoms with Gasteiger partial charge in [0.1, 0.15) is 11.6 Å². The summed E-state index contributed by atoms with van der Waals surface area (Å²) in [5, 5.41) is 3.35. The van der Waals surface area contributed by atoms with Crippen molar-refractivity contribution in [2.45, 2.75) is 43.0 Å². The Bertz CT molecular complexity index is 567. The van der Waals surface area contributed by atoms with Gasteiger partial charge in [-0.25, -0.2) is 4.39 Å². The molecule has 0 fully saturated rings. The highest BCUT2D eigenvalue weighted by atomic mass is 32.2. The Morgan fingerprint density at radius 3 is 2.75 bits per heavy atom. The number of hydrogen-bond acceptors (Lipinski definition) is 3. The fourth-order valence-electron chi connectivity index (χ4n) is 2.09. The maximum atomic E-state index is 14.2. The number of nitrogens with one attached hydrogen (secondary N) is 1. The van der Waals surface area contributed by atoms with E-state index in [1.807, 2.05) is 26.0 Å². The standard InChI is InChI=1S/C16H20FNOS/c1-4-9-18-11(2)16-13(17)6-5-7-15(16)20-14-8-10-19-12(14)3/h5-8,10-11,18H,4,9H2,1-3H3. The highest BCUT2D eigenvalue weighted by Crippen LogP contribution is 2.36. The van der Waals surface area contributed by atoms with Crippen molar-refractivity contribution in [1.82, 2.24) is 5.32 Å². The molecule has 1 aromatic carbocycles. The largest absolute Gasteiger partial charge is 0.468 e. The Kier molecular flexibility index (Phi) is 5.26. The van der Waals surface area contributed by atoms with Crippen LogP contribution in [0.5, 0.6) is 0 Å². The van der Waals surface area contributed by atoms with Crippen LogP contribution in [-0.4, -0.2) is 6.54 Å². The van der Waals surface area contributed by atoms with E-state index >= 15 is 0 Å². The number of hydrogen-bond donors (Lipinski definition) is 1. The second-order valence-corrected chi connectivity index (χ2v) is 5.85. The Labute approximate surface area is 123 Å². The van der Waals surface area contributed by atoms with Crippen LogP contribution in [0.1, 0.15) is 37.6 Å². The summed E-state index contributed by atoms with van der Waals surface area (Å²) < 4.78 is 19.5. The van der Waals surface area contributed by atoms with E-state index in [9.17, 15) is 4.39 Å². The summed E-state index contributed by atoms with van der Waals surface area (Å²) in [5.41, 5.74) is 0.728. The van der Waals surface area contributed by atoms with E-state index in [0.717, 1.165) is 34.1 Å². The molecule has 2 nitrogen and oxygen atoms in total. The fourth-order valence-corrected chi connectivity index (χ4v) is 3.17. The zero-order valence-electron chi connectivity index (χ0n) is 12.1. The summed E-state index contributed by atoms with van der Waals surface area (Å²) in [7, 11) is 0. The minimum atomic E-state index is -0.160. The Morgan fingerprint density at radius 1 is 1.30 bits per heavy atom. The first kappa shape index (κ1) is 15.1. The van der Waals surface area contributed by atoms with Gasteiger partial charge in [-0.2, -0.15) is 0 Å². The third-order valence-electron chi connectivity index (χ3n) is 3.18. The van der Waals surface area contributed by atoms with Crippen LogP contribution >= 0.6 is 11.8 Å². The molecule has 0 bridgehead atoms. The third kappa shape index (κ3) is 3.44. The molecular weight excluding hydrogens is 273 g/mol. The van der Waals surface area contributed by atoms with Gasteiger partial charge in [-0.15, -0.1) is 0 Å². The second-order valence-electron chi connectivity index (χ2n) is 4.77. The summed E-state index contributed by atoms with van der Waals surface area (Å²) >= 11 is 1.55. The van der Waals surface area contributed by atoms with Gasteiger partial charge in [-0.1, -0.05) is 24.8 Å². The molecule has 0 saturated heterocycles. The van der Waals surface area contributed by atoms with Crippen LogP contribution in [0.2, 0.25) is 0 Å². The zero-order chi connectivity index (χ0) is 14.5. The van der Waals surface area contributed by atoms with Crippen molar-refractivity contribution < 1.29 is 8.81 Å². The fraction of sp³-hybridized carbons (Fsp3) is 0.375. The number of furan rings is 1. The molecule has 20 heavy (non-hydrogen) atoms. The predicted molar refractivity (Wildman–Crippen MR) is 80.7 cm³/mol. The molecule has 1 heterocycles. The topological polar surface area (TPSA) is 25.2 Å². The van der Waals surface area contributed by atoms with Gasteiger partial charge >= 0.3 is 0 Å². The summed E-state index contributed by atoms with van der Waals surface area (Å²) in [6, 6.07) is 7.14. The van der Waals surface area contributed by atoms with Gasteiger partial charge in [-0.3, -0.25) is 0 Å². The smallest absolute Gasteiger partial charge is 0.129 e. The van der Waals surface area contributed by atoms with E-state index in [4.69, 9.17) is 4.42 Å². The maximum Gasteiger partial charge on any atom is 0.129 e. The molecule has 1 unspecified atom stereocenters. The average molecular weight is 293 g/mol. The summed E-state index contributed by atoms with van der Waals surface area (Å²) in [6.45, 7) is 6.90. The molecule has 0 aliphatic carbocycles. The molecular formula is C16H20FNOS. The van der Waals surface area contributed by atoms with E-state index < -0.39 is 0 Å². The minimum absolute atomic E-state index is 0.00847. The molecule has 0 radical (unpaired) electrons. The highest BCUT2D eigenvalue weighted by molar-refractivity contribution is 7.99. The number of benzene rings is 1. The van der Waals surface area contributed by atoms with Crippen LogP contribution in [0.4, 0.5) is 4.39 Å². The zero-order valence-corrected chi connectivity index (χ0v) is 12.9. The summed E-state index contributed by atoms with van der Waals surface area (Å²) in [4.78, 5) is 1.96. The first-order valence-electron chi connectivity index (χ1n) is 6.87. The normalized spacial score (nSPS) is 12.6. The summed E-state index contributed by atoms with van der Waals surface area (Å²) in [6.07, 6.45) is 2.69. The van der Waals surface area contributed by atoms with Crippen molar-refractivity contribution in [2.24, 2.45) is 0 Å². The van der Waals surface area contributed by atoms with E-state index in [2.05, 4.69) is 12.2 Å². The predicted octanol–water partition coefficient (Wildman–Crippen LogP) is 4.94. The monoisotopic (exact) mass is 293 g/mol. The molecule has 0 spiro atoms. The first-order chi connectivity index (χ1) is 9.63. The number of rotatable bonds is 6. The van der Waals surface area contributed by atoms with E-state index in [0.29, 0.717) is 0 Å². The molecule has 0 saturated carbocycles. The van der Waals surface area contributed by atoms with Gasteiger partial charge in [0.2, 0.25) is 0 Å². The van der Waals surface area contributed by atoms with Crippen LogP contribution in [0.25, 0.3) is 0 Å². The van der Waals surface area contributed by atoms with Crippen molar-refractivity contribution in [3.05, 3.63) is 47.7 Å². The number of aryl methyl sites for hydroxylation is 1. The molecule has 2 aromatic rings. The molecule has 2 rings (SSSR count). The van der Waals surface area contributed by atoms with Gasteiger partial charge < -0.3 is 9.73 Å². The maximum absolute atomic E-state index is 14.2. The first-order valence-corrected chi connectivity index (χ1v) is 7.68. The highest BCUT2D eigenvalue weighted by Gasteiger charge is 2.17. The third-order valence-corrected chi connectivity index (χ3v) is 4.40. The van der Waals surface area contributed by atoms with Gasteiger partial charge in [0, 0.05) is 16.5 Å². The van der Waals surface area contributed by atoms with Crippen LogP contribution in [-0.2, 0) is 0 Å². The van der Waals surface area contributed by atoms with Crippen LogP contribution in [0.3, 0.4) is 0 Å². The molecule has 1 atom stereocenters. The average Bonchev–Trinajstić information content (AvgIpc) is 2.82. The van der Waals surface area contributed by atoms with E-state index in [1.165, 1.54) is 6.07 Å². The molecule has 0 aliphatic rings. The lowest BCUT2D eigenvalue weighted by Crippen LogP contribution is -2.20.